The Bertz CT molecular complexity index is 892. The number of H-pyrrole nitrogens is 1. The summed E-state index contributed by atoms with van der Waals surface area (Å²) in [5.41, 5.74) is 17.1. The molecule has 194 valence electrons. The Morgan fingerprint density at radius 1 is 1.20 bits per heavy atom. The summed E-state index contributed by atoms with van der Waals surface area (Å²) in [6.07, 6.45) is 4.79. The molecule has 4 atom stereocenters. The number of carboxylic acid groups (broad SMARTS) is 1. The Morgan fingerprint density at radius 2 is 1.94 bits per heavy atom. The largest absolute Gasteiger partial charge is 0.480 e. The van der Waals surface area contributed by atoms with Crippen LogP contribution in [0.25, 0.3) is 0 Å². The van der Waals surface area contributed by atoms with Gasteiger partial charge in [-0.05, 0) is 32.2 Å². The SMILES string of the molecule is NCCCCC(N)C(=O)NC(CC(N)=O)C(=O)N1CCCC1C(=O)NC(Cc1cnc[nH]1)C(=O)O. The van der Waals surface area contributed by atoms with Gasteiger partial charge in [0.1, 0.15) is 18.1 Å². The molecule has 1 fully saturated rings. The molecular formula is C21H34N8O6. The second kappa shape index (κ2) is 13.4. The van der Waals surface area contributed by atoms with Crippen molar-refractivity contribution in [1.82, 2.24) is 25.5 Å². The summed E-state index contributed by atoms with van der Waals surface area (Å²) in [5.74, 6) is -3.99. The second-order valence-electron chi connectivity index (χ2n) is 8.49. The number of likely N-dealkylation sites (tertiary alicyclic amines) is 1. The van der Waals surface area contributed by atoms with Gasteiger partial charge < -0.3 is 42.8 Å². The van der Waals surface area contributed by atoms with E-state index in [1.165, 1.54) is 17.4 Å². The lowest BCUT2D eigenvalue weighted by atomic mass is 10.1. The van der Waals surface area contributed by atoms with Gasteiger partial charge in [-0.15, -0.1) is 0 Å². The molecule has 0 spiro atoms. The van der Waals surface area contributed by atoms with E-state index in [0.29, 0.717) is 44.3 Å². The molecular weight excluding hydrogens is 460 g/mol. The molecule has 2 rings (SSSR count). The molecule has 1 saturated heterocycles. The van der Waals surface area contributed by atoms with Crippen LogP contribution in [0.15, 0.2) is 12.5 Å². The molecule has 1 aliphatic heterocycles. The molecule has 1 aliphatic rings. The second-order valence-corrected chi connectivity index (χ2v) is 8.49. The van der Waals surface area contributed by atoms with Crippen molar-refractivity contribution in [2.75, 3.05) is 13.1 Å². The first-order chi connectivity index (χ1) is 16.6. The monoisotopic (exact) mass is 494 g/mol. The van der Waals surface area contributed by atoms with Gasteiger partial charge in [0.25, 0.3) is 0 Å². The highest BCUT2D eigenvalue weighted by Crippen LogP contribution is 2.20. The summed E-state index contributed by atoms with van der Waals surface area (Å²) >= 11 is 0. The van der Waals surface area contributed by atoms with Gasteiger partial charge >= 0.3 is 5.97 Å². The van der Waals surface area contributed by atoms with Crippen molar-refractivity contribution in [2.45, 2.75) is 69.1 Å². The Labute approximate surface area is 202 Å². The molecule has 14 heteroatoms. The molecule has 0 aromatic carbocycles. The molecule has 35 heavy (non-hydrogen) atoms. The van der Waals surface area contributed by atoms with Crippen LogP contribution in [-0.2, 0) is 30.4 Å². The molecule has 4 amide bonds. The number of carbonyl (C=O) groups excluding carboxylic acids is 4. The van der Waals surface area contributed by atoms with Gasteiger partial charge in [0.15, 0.2) is 0 Å². The molecule has 14 nitrogen and oxygen atoms in total. The molecule has 2 heterocycles. The van der Waals surface area contributed by atoms with E-state index in [1.807, 2.05) is 0 Å². The fraction of sp³-hybridized carbons (Fsp3) is 0.619. The Hall–Kier alpha value is -3.52. The number of aromatic nitrogens is 2. The van der Waals surface area contributed by atoms with Crippen molar-refractivity contribution < 1.29 is 29.1 Å². The minimum atomic E-state index is -1.30. The quantitative estimate of drug-likeness (QED) is 0.133. The van der Waals surface area contributed by atoms with Crippen molar-refractivity contribution in [3.05, 3.63) is 18.2 Å². The van der Waals surface area contributed by atoms with Gasteiger partial charge in [-0.3, -0.25) is 19.2 Å². The number of amides is 4. The number of unbranched alkanes of at least 4 members (excludes halogenated alkanes) is 1. The molecule has 0 radical (unpaired) electrons. The van der Waals surface area contributed by atoms with Crippen LogP contribution < -0.4 is 27.8 Å². The third kappa shape index (κ3) is 8.33. The number of aromatic amines is 1. The summed E-state index contributed by atoms with van der Waals surface area (Å²) in [4.78, 5) is 69.7. The molecule has 0 aliphatic carbocycles. The molecule has 4 unspecified atom stereocenters. The summed E-state index contributed by atoms with van der Waals surface area (Å²) in [5, 5.41) is 14.4. The Kier molecular flexibility index (Phi) is 10.6. The van der Waals surface area contributed by atoms with E-state index in [-0.39, 0.29) is 13.0 Å². The highest BCUT2D eigenvalue weighted by molar-refractivity contribution is 5.96. The zero-order valence-electron chi connectivity index (χ0n) is 19.4. The molecule has 10 N–H and O–H groups in total. The first kappa shape index (κ1) is 27.7. The molecule has 0 saturated carbocycles. The minimum Gasteiger partial charge on any atom is -0.480 e. The summed E-state index contributed by atoms with van der Waals surface area (Å²) < 4.78 is 0. The fourth-order valence-electron chi connectivity index (χ4n) is 3.91. The number of aliphatic carboxylic acids is 1. The van der Waals surface area contributed by atoms with Crippen LogP contribution in [0.5, 0.6) is 0 Å². The zero-order chi connectivity index (χ0) is 26.0. The fourth-order valence-corrected chi connectivity index (χ4v) is 3.91. The number of hydrogen-bond donors (Lipinski definition) is 7. The average molecular weight is 495 g/mol. The lowest BCUT2D eigenvalue weighted by Gasteiger charge is -2.29. The standard InChI is InChI=1S/C21H34N8O6/c22-6-2-1-4-13(23)18(31)27-14(9-17(24)30)20(33)29-7-3-5-16(29)19(32)28-15(21(34)35)8-12-10-25-11-26-12/h10-11,13-16H,1-9,22-23H2,(H2,24,30)(H,25,26)(H,27,31)(H,28,32)(H,34,35). The first-order valence-corrected chi connectivity index (χ1v) is 11.5. The van der Waals surface area contributed by atoms with Crippen LogP contribution in [0.2, 0.25) is 0 Å². The number of nitrogens with zero attached hydrogens (tertiary/aromatic N) is 2. The average Bonchev–Trinajstić information content (AvgIpc) is 3.49. The third-order valence-corrected chi connectivity index (χ3v) is 5.76. The molecule has 1 aromatic heterocycles. The van der Waals surface area contributed by atoms with Crippen molar-refractivity contribution in [3.8, 4) is 0 Å². The third-order valence-electron chi connectivity index (χ3n) is 5.76. The van der Waals surface area contributed by atoms with E-state index in [1.54, 1.807) is 0 Å². The lowest BCUT2D eigenvalue weighted by molar-refractivity contribution is -0.145. The predicted molar refractivity (Wildman–Crippen MR) is 123 cm³/mol. The van der Waals surface area contributed by atoms with Crippen LogP contribution in [0, 0.1) is 0 Å². The predicted octanol–water partition coefficient (Wildman–Crippen LogP) is -2.67. The van der Waals surface area contributed by atoms with Crippen LogP contribution >= 0.6 is 0 Å². The summed E-state index contributed by atoms with van der Waals surface area (Å²) in [6.45, 7) is 0.656. The number of hydrogen-bond acceptors (Lipinski definition) is 8. The molecule has 1 aromatic rings. The van der Waals surface area contributed by atoms with Gasteiger partial charge in [-0.1, -0.05) is 6.42 Å². The van der Waals surface area contributed by atoms with E-state index >= 15 is 0 Å². The topological polar surface area (TPSA) is 240 Å². The van der Waals surface area contributed by atoms with Crippen molar-refractivity contribution in [1.29, 1.82) is 0 Å². The smallest absolute Gasteiger partial charge is 0.326 e. The van der Waals surface area contributed by atoms with Gasteiger partial charge in [-0.2, -0.15) is 0 Å². The number of rotatable bonds is 14. The maximum atomic E-state index is 13.2. The zero-order valence-corrected chi connectivity index (χ0v) is 19.4. The van der Waals surface area contributed by atoms with Gasteiger partial charge in [0, 0.05) is 24.9 Å². The maximum Gasteiger partial charge on any atom is 0.326 e. The molecule has 0 bridgehead atoms. The van der Waals surface area contributed by atoms with Crippen LogP contribution in [0.1, 0.15) is 44.2 Å². The lowest BCUT2D eigenvalue weighted by Crippen LogP contribution is -2.57. The van der Waals surface area contributed by atoms with Crippen LogP contribution in [-0.4, -0.2) is 86.8 Å². The van der Waals surface area contributed by atoms with Crippen LogP contribution in [0.3, 0.4) is 0 Å². The van der Waals surface area contributed by atoms with E-state index < -0.39 is 60.2 Å². The van der Waals surface area contributed by atoms with Crippen LogP contribution in [0.4, 0.5) is 0 Å². The summed E-state index contributed by atoms with van der Waals surface area (Å²) in [7, 11) is 0. The first-order valence-electron chi connectivity index (χ1n) is 11.5. The number of nitrogens with one attached hydrogen (secondary N) is 3. The van der Waals surface area contributed by atoms with Gasteiger partial charge in [0.05, 0.1) is 18.8 Å². The van der Waals surface area contributed by atoms with Crippen molar-refractivity contribution in [2.24, 2.45) is 17.2 Å². The number of primary amides is 1. The van der Waals surface area contributed by atoms with E-state index in [0.717, 1.165) is 0 Å². The number of imidazole rings is 1. The number of carboxylic acids is 1. The Morgan fingerprint density at radius 3 is 2.54 bits per heavy atom. The van der Waals surface area contributed by atoms with E-state index in [2.05, 4.69) is 20.6 Å². The van der Waals surface area contributed by atoms with Crippen molar-refractivity contribution in [3.63, 3.8) is 0 Å². The highest BCUT2D eigenvalue weighted by atomic mass is 16.4. The van der Waals surface area contributed by atoms with E-state index in [4.69, 9.17) is 17.2 Å². The van der Waals surface area contributed by atoms with Gasteiger partial charge in [0.2, 0.25) is 23.6 Å². The maximum absolute atomic E-state index is 13.2. The summed E-state index contributed by atoms with van der Waals surface area (Å²) in [6, 6.07) is -4.40. The van der Waals surface area contributed by atoms with Crippen molar-refractivity contribution >= 4 is 29.6 Å². The number of nitrogens with two attached hydrogens (primary N) is 3. The highest BCUT2D eigenvalue weighted by Gasteiger charge is 2.39. The Balaban J connectivity index is 2.08. The minimum absolute atomic E-state index is 0.0237. The van der Waals surface area contributed by atoms with E-state index in [9.17, 15) is 29.1 Å². The number of carbonyl (C=O) groups is 5. The normalized spacial score (nSPS) is 17.9. The van der Waals surface area contributed by atoms with Gasteiger partial charge in [-0.25, -0.2) is 9.78 Å².